The molecule has 2 aromatic rings. The minimum atomic E-state index is -0.526. The third-order valence-electron chi connectivity index (χ3n) is 5.23. The normalized spacial score (nSPS) is 23.0. The van der Waals surface area contributed by atoms with E-state index in [1.807, 2.05) is 25.1 Å². The fourth-order valence-corrected chi connectivity index (χ4v) is 3.98. The molecular formula is C19H21N3O3. The summed E-state index contributed by atoms with van der Waals surface area (Å²) in [7, 11) is 0. The third kappa shape index (κ3) is 2.40. The summed E-state index contributed by atoms with van der Waals surface area (Å²) < 4.78 is 1.67. The van der Waals surface area contributed by atoms with Crippen LogP contribution < -0.4 is 10.4 Å². The van der Waals surface area contributed by atoms with Crippen molar-refractivity contribution in [1.29, 1.82) is 0 Å². The van der Waals surface area contributed by atoms with E-state index in [4.69, 9.17) is 0 Å². The molecule has 0 spiro atoms. The first kappa shape index (κ1) is 15.7. The zero-order valence-corrected chi connectivity index (χ0v) is 14.1. The van der Waals surface area contributed by atoms with Crippen molar-refractivity contribution >= 4 is 5.91 Å². The zero-order valence-electron chi connectivity index (χ0n) is 14.1. The lowest BCUT2D eigenvalue weighted by atomic mass is 9.97. The fourth-order valence-electron chi connectivity index (χ4n) is 3.98. The van der Waals surface area contributed by atoms with Gasteiger partial charge in [-0.1, -0.05) is 30.3 Å². The number of hydrogen-bond acceptors (Lipinski definition) is 4. The molecule has 0 saturated carbocycles. The average Bonchev–Trinajstić information content (AvgIpc) is 2.61. The number of benzene rings is 1. The van der Waals surface area contributed by atoms with Crippen molar-refractivity contribution in [1.82, 2.24) is 9.58 Å². The molecule has 3 heterocycles. The molecule has 4 rings (SSSR count). The average molecular weight is 339 g/mol. The highest BCUT2D eigenvalue weighted by Crippen LogP contribution is 2.35. The van der Waals surface area contributed by atoms with Gasteiger partial charge >= 0.3 is 0 Å². The molecular weight excluding hydrogens is 318 g/mol. The molecule has 6 nitrogen and oxygen atoms in total. The number of amides is 1. The summed E-state index contributed by atoms with van der Waals surface area (Å²) in [5.74, 6) is -0.755. The van der Waals surface area contributed by atoms with Crippen LogP contribution in [0.4, 0.5) is 0 Å². The van der Waals surface area contributed by atoms with Gasteiger partial charge in [-0.2, -0.15) is 0 Å². The van der Waals surface area contributed by atoms with Crippen LogP contribution in [0.15, 0.2) is 47.4 Å². The lowest BCUT2D eigenvalue weighted by Gasteiger charge is -2.50. The van der Waals surface area contributed by atoms with Crippen LogP contribution in [0, 0.1) is 0 Å². The van der Waals surface area contributed by atoms with Crippen LogP contribution in [0.2, 0.25) is 0 Å². The highest BCUT2D eigenvalue weighted by molar-refractivity contribution is 5.96. The number of aromatic nitrogens is 1. The van der Waals surface area contributed by atoms with Crippen molar-refractivity contribution in [2.45, 2.75) is 38.4 Å². The first-order valence-corrected chi connectivity index (χ1v) is 8.69. The molecule has 0 aliphatic carbocycles. The molecule has 2 unspecified atom stereocenters. The van der Waals surface area contributed by atoms with Gasteiger partial charge in [-0.15, -0.1) is 0 Å². The van der Waals surface area contributed by atoms with E-state index in [2.05, 4.69) is 17.1 Å². The summed E-state index contributed by atoms with van der Waals surface area (Å²) in [5, 5.41) is 12.4. The van der Waals surface area contributed by atoms with Crippen molar-refractivity contribution < 1.29 is 9.90 Å². The molecule has 1 saturated heterocycles. The van der Waals surface area contributed by atoms with Crippen molar-refractivity contribution in [3.8, 4) is 5.75 Å². The maximum atomic E-state index is 12.9. The van der Waals surface area contributed by atoms with E-state index in [-0.39, 0.29) is 23.8 Å². The molecule has 2 atom stereocenters. The maximum absolute atomic E-state index is 12.9. The Morgan fingerprint density at radius 1 is 1.08 bits per heavy atom. The largest absolute Gasteiger partial charge is 0.502 e. The Hall–Kier alpha value is -2.76. The standard InChI is InChI=1S/C19H21N3O3/c1-13-20-11-6-5-9-15(14-7-3-2-4-8-14)22(13)21-12-10-16(23)18(24)17(21)19(20)25/h2-4,7-8,10,12-13,15,24H,5-6,9,11H2,1H3. The van der Waals surface area contributed by atoms with Gasteiger partial charge in [0.15, 0.2) is 11.4 Å². The molecule has 6 heteroatoms. The molecule has 1 amide bonds. The SMILES string of the molecule is CC1N2CCCCC(c3ccccc3)N1n1ccc(=O)c(O)c1C2=O. The van der Waals surface area contributed by atoms with Crippen LogP contribution in [0.1, 0.15) is 48.3 Å². The zero-order chi connectivity index (χ0) is 17.6. The number of hydrogen-bond donors (Lipinski definition) is 1. The highest BCUT2D eigenvalue weighted by Gasteiger charge is 2.41. The minimum absolute atomic E-state index is 0.0627. The minimum Gasteiger partial charge on any atom is -0.502 e. The van der Waals surface area contributed by atoms with Gasteiger partial charge in [0.2, 0.25) is 5.43 Å². The highest BCUT2D eigenvalue weighted by atomic mass is 16.3. The molecule has 1 N–H and O–H groups in total. The lowest BCUT2D eigenvalue weighted by Crippen LogP contribution is -2.61. The Morgan fingerprint density at radius 2 is 1.84 bits per heavy atom. The number of carbonyl (C=O) groups is 1. The number of carbonyl (C=O) groups excluding carboxylic acids is 1. The monoisotopic (exact) mass is 339 g/mol. The molecule has 1 aromatic heterocycles. The number of aromatic hydroxyl groups is 1. The molecule has 25 heavy (non-hydrogen) atoms. The lowest BCUT2D eigenvalue weighted by molar-refractivity contribution is 0.0535. The van der Waals surface area contributed by atoms with Crippen molar-refractivity contribution in [3.05, 3.63) is 64.1 Å². The number of fused-ring (bicyclic) bond motifs is 4. The second-order valence-corrected chi connectivity index (χ2v) is 6.65. The summed E-state index contributed by atoms with van der Waals surface area (Å²) in [6, 6.07) is 11.6. The van der Waals surface area contributed by atoms with E-state index in [9.17, 15) is 14.7 Å². The van der Waals surface area contributed by atoms with Crippen LogP contribution in [-0.4, -0.2) is 33.3 Å². The van der Waals surface area contributed by atoms with Crippen LogP contribution in [0.5, 0.6) is 5.75 Å². The molecule has 2 aliphatic rings. The smallest absolute Gasteiger partial charge is 0.278 e. The Bertz CT molecular complexity index is 862. The van der Waals surface area contributed by atoms with Crippen LogP contribution >= 0.6 is 0 Å². The molecule has 2 bridgehead atoms. The van der Waals surface area contributed by atoms with Crippen molar-refractivity contribution in [3.63, 3.8) is 0 Å². The van der Waals surface area contributed by atoms with Gasteiger partial charge in [0.05, 0.1) is 6.04 Å². The Morgan fingerprint density at radius 3 is 2.60 bits per heavy atom. The summed E-state index contributed by atoms with van der Waals surface area (Å²) in [6.07, 6.45) is 4.30. The van der Waals surface area contributed by atoms with E-state index in [0.29, 0.717) is 6.54 Å². The number of pyridine rings is 1. The van der Waals surface area contributed by atoms with Gasteiger partial charge in [-0.3, -0.25) is 19.3 Å². The molecule has 130 valence electrons. The second-order valence-electron chi connectivity index (χ2n) is 6.65. The van der Waals surface area contributed by atoms with Crippen molar-refractivity contribution in [2.24, 2.45) is 0 Å². The van der Waals surface area contributed by atoms with Gasteiger partial charge in [-0.05, 0) is 31.7 Å². The van der Waals surface area contributed by atoms with E-state index >= 15 is 0 Å². The Labute approximate surface area is 145 Å². The predicted molar refractivity (Wildman–Crippen MR) is 94.1 cm³/mol. The van der Waals surface area contributed by atoms with Crippen LogP contribution in [-0.2, 0) is 0 Å². The summed E-state index contributed by atoms with van der Waals surface area (Å²) in [6.45, 7) is 2.62. The van der Waals surface area contributed by atoms with E-state index in [1.54, 1.807) is 15.8 Å². The predicted octanol–water partition coefficient (Wildman–Crippen LogP) is 2.22. The van der Waals surface area contributed by atoms with Gasteiger partial charge in [0.25, 0.3) is 5.91 Å². The van der Waals surface area contributed by atoms with Crippen LogP contribution in [0.25, 0.3) is 0 Å². The summed E-state index contributed by atoms with van der Waals surface area (Å²) >= 11 is 0. The third-order valence-corrected chi connectivity index (χ3v) is 5.23. The topological polar surface area (TPSA) is 65.8 Å². The Balaban J connectivity index is 1.93. The van der Waals surface area contributed by atoms with E-state index in [1.165, 1.54) is 6.07 Å². The summed E-state index contributed by atoms with van der Waals surface area (Å²) in [5.41, 5.74) is 0.700. The maximum Gasteiger partial charge on any atom is 0.278 e. The van der Waals surface area contributed by atoms with Gasteiger partial charge < -0.3 is 10.0 Å². The quantitative estimate of drug-likeness (QED) is 0.865. The number of nitrogens with zero attached hydrogens (tertiary/aromatic N) is 3. The first-order chi connectivity index (χ1) is 12.1. The van der Waals surface area contributed by atoms with E-state index in [0.717, 1.165) is 24.8 Å². The van der Waals surface area contributed by atoms with E-state index < -0.39 is 11.2 Å². The molecule has 1 aromatic carbocycles. The van der Waals surface area contributed by atoms with Gasteiger partial charge in [-0.25, -0.2) is 0 Å². The molecule has 0 radical (unpaired) electrons. The number of rotatable bonds is 1. The van der Waals surface area contributed by atoms with Gasteiger partial charge in [0, 0.05) is 18.8 Å². The van der Waals surface area contributed by atoms with Gasteiger partial charge in [0.1, 0.15) is 6.17 Å². The second kappa shape index (κ2) is 5.95. The fraction of sp³-hybridized carbons (Fsp3) is 0.368. The molecule has 2 aliphatic heterocycles. The molecule has 1 fully saturated rings. The first-order valence-electron chi connectivity index (χ1n) is 8.69. The van der Waals surface area contributed by atoms with Crippen molar-refractivity contribution in [2.75, 3.05) is 11.6 Å². The Kier molecular flexibility index (Phi) is 3.75. The van der Waals surface area contributed by atoms with Crippen LogP contribution in [0.3, 0.4) is 0 Å². The summed E-state index contributed by atoms with van der Waals surface area (Å²) in [4.78, 5) is 26.5.